The summed E-state index contributed by atoms with van der Waals surface area (Å²) >= 11 is 0. The van der Waals surface area contributed by atoms with Gasteiger partial charge in [-0.2, -0.15) is 0 Å². The van der Waals surface area contributed by atoms with E-state index in [0.717, 1.165) is 103 Å². The van der Waals surface area contributed by atoms with Crippen molar-refractivity contribution in [1.29, 1.82) is 0 Å². The molecule has 0 unspecified atom stereocenters. The van der Waals surface area contributed by atoms with Gasteiger partial charge in [-0.1, -0.05) is 224 Å². The van der Waals surface area contributed by atoms with Crippen molar-refractivity contribution in [2.45, 2.75) is 232 Å². The number of carbonyl (C=O) groups excluding carboxylic acids is 3. The quantitative estimate of drug-likeness (QED) is 0.0262. The van der Waals surface area contributed by atoms with E-state index in [1.807, 2.05) is 12.2 Å². The van der Waals surface area contributed by atoms with Gasteiger partial charge < -0.3 is 14.2 Å². The summed E-state index contributed by atoms with van der Waals surface area (Å²) in [5.74, 6) is -1.11. The molecular weight excluding hydrogens is 877 g/mol. The van der Waals surface area contributed by atoms with Gasteiger partial charge >= 0.3 is 17.9 Å². The van der Waals surface area contributed by atoms with Crippen LogP contribution in [0.1, 0.15) is 226 Å². The van der Waals surface area contributed by atoms with E-state index in [-0.39, 0.29) is 38.0 Å². The highest BCUT2D eigenvalue weighted by molar-refractivity contribution is 5.71. The molecule has 0 bridgehead atoms. The van der Waals surface area contributed by atoms with Crippen molar-refractivity contribution >= 4 is 17.9 Å². The van der Waals surface area contributed by atoms with Gasteiger partial charge in [-0.3, -0.25) is 14.4 Å². The number of hydrogen-bond donors (Lipinski definition) is 0. The first-order valence-corrected chi connectivity index (χ1v) is 28.3. The maximum Gasteiger partial charge on any atom is 0.306 e. The van der Waals surface area contributed by atoms with Crippen LogP contribution in [0.25, 0.3) is 0 Å². The average Bonchev–Trinajstić information content (AvgIpc) is 3.37. The van der Waals surface area contributed by atoms with E-state index in [2.05, 4.69) is 154 Å². The van der Waals surface area contributed by atoms with E-state index in [4.69, 9.17) is 14.2 Å². The number of ether oxygens (including phenoxy) is 3. The summed E-state index contributed by atoms with van der Waals surface area (Å²) in [4.78, 5) is 38.1. The first-order valence-electron chi connectivity index (χ1n) is 28.3. The fourth-order valence-corrected chi connectivity index (χ4v) is 7.08. The lowest BCUT2D eigenvalue weighted by molar-refractivity contribution is -0.166. The molecule has 6 nitrogen and oxygen atoms in total. The Balaban J connectivity index is 4.65. The molecule has 0 spiro atoms. The summed E-state index contributed by atoms with van der Waals surface area (Å²) in [5, 5.41) is 0. The molecule has 0 aliphatic rings. The normalized spacial score (nSPS) is 13.2. The van der Waals surface area contributed by atoms with Gasteiger partial charge in [0.15, 0.2) is 6.10 Å². The number of allylic oxidation sites excluding steroid dienone is 24. The molecule has 0 aliphatic heterocycles. The molecule has 398 valence electrons. The topological polar surface area (TPSA) is 78.9 Å². The average molecular weight is 980 g/mol. The molecule has 6 heteroatoms. The molecule has 0 amide bonds. The summed E-state index contributed by atoms with van der Waals surface area (Å²) in [5.41, 5.74) is 0. The van der Waals surface area contributed by atoms with E-state index >= 15 is 0 Å². The minimum absolute atomic E-state index is 0.142. The number of unbranched alkanes of at least 4 members (excludes halogenated alkanes) is 14. The van der Waals surface area contributed by atoms with E-state index < -0.39 is 12.1 Å². The van der Waals surface area contributed by atoms with Crippen molar-refractivity contribution in [1.82, 2.24) is 0 Å². The standard InChI is InChI=1S/C65H102O6/c1-4-7-10-13-16-19-22-25-28-31-32-35-38-41-44-47-50-53-56-59-65(68)71-62(60-69-63(66)57-54-51-48-45-42-39-36-33-29-26-23-20-17-14-11-8-5-2)61-70-64(67)58-55-52-49-46-43-40-37-34-30-27-24-21-18-15-12-9-6-3/h8,11,16-17,19-20,25-30,32,35-37,39-41,44,46,49-50,53,62H,4-7,9-10,12-15,18,21-24,31,33-34,38,42-43,45,47-48,51-52,54-61H2,1-3H3/b11-8-,19-16-,20-17-,28-25-,29-26-,30-27-,35-32-,39-36-,40-37-,44-41-,49-46-,53-50-/t62-/m1/s1. The third kappa shape index (κ3) is 56.1. The zero-order valence-corrected chi connectivity index (χ0v) is 45.4. The Morgan fingerprint density at radius 1 is 0.296 bits per heavy atom. The zero-order valence-electron chi connectivity index (χ0n) is 45.4. The maximum atomic E-state index is 12.8. The van der Waals surface area contributed by atoms with Crippen LogP contribution < -0.4 is 0 Å². The SMILES string of the molecule is CC/C=C\C/C=C\C/C=C\C/C=C\CCCCCCC(=O)OC[C@H](COC(=O)CCC/C=C\C/C=C\C/C=C\CCCCCCCC)OC(=O)CC/C=C\C/C=C\C/C=C\C/C=C\C/C=C\CCCCC. The molecule has 0 aromatic carbocycles. The molecule has 0 saturated heterocycles. The second-order valence-corrected chi connectivity index (χ2v) is 18.1. The lowest BCUT2D eigenvalue weighted by Gasteiger charge is -2.18. The molecule has 0 aliphatic carbocycles. The van der Waals surface area contributed by atoms with Gasteiger partial charge in [-0.15, -0.1) is 0 Å². The fourth-order valence-electron chi connectivity index (χ4n) is 7.08. The molecule has 0 aromatic heterocycles. The van der Waals surface area contributed by atoms with Crippen LogP contribution in [0.15, 0.2) is 146 Å². The van der Waals surface area contributed by atoms with Crippen LogP contribution in [0.5, 0.6) is 0 Å². The van der Waals surface area contributed by atoms with Crippen molar-refractivity contribution in [3.05, 3.63) is 146 Å². The number of carbonyl (C=O) groups is 3. The van der Waals surface area contributed by atoms with E-state index in [0.29, 0.717) is 19.3 Å². The minimum atomic E-state index is -0.855. The molecule has 1 atom stereocenters. The summed E-state index contributed by atoms with van der Waals surface area (Å²) in [6.45, 7) is 6.35. The lowest BCUT2D eigenvalue weighted by Crippen LogP contribution is -2.30. The Hall–Kier alpha value is -4.71. The zero-order chi connectivity index (χ0) is 51.4. The predicted octanol–water partition coefficient (Wildman–Crippen LogP) is 19.2. The van der Waals surface area contributed by atoms with Gasteiger partial charge in [0.25, 0.3) is 0 Å². The number of hydrogen-bond acceptors (Lipinski definition) is 6. The minimum Gasteiger partial charge on any atom is -0.462 e. The summed E-state index contributed by atoms with van der Waals surface area (Å²) in [7, 11) is 0. The van der Waals surface area contributed by atoms with Crippen molar-refractivity contribution in [2.75, 3.05) is 13.2 Å². The molecule has 0 N–H and O–H groups in total. The van der Waals surface area contributed by atoms with E-state index in [1.165, 1.54) is 70.6 Å². The Bertz CT molecular complexity index is 1590. The second-order valence-electron chi connectivity index (χ2n) is 18.1. The third-order valence-corrected chi connectivity index (χ3v) is 11.3. The molecule has 0 heterocycles. The Morgan fingerprint density at radius 3 is 1.00 bits per heavy atom. The van der Waals surface area contributed by atoms with Gasteiger partial charge in [-0.25, -0.2) is 0 Å². The maximum absolute atomic E-state index is 12.8. The second kappa shape index (κ2) is 57.9. The Morgan fingerprint density at radius 2 is 0.592 bits per heavy atom. The van der Waals surface area contributed by atoms with Crippen LogP contribution in [0, 0.1) is 0 Å². The summed E-state index contributed by atoms with van der Waals surface area (Å²) in [6.07, 6.45) is 82.8. The van der Waals surface area contributed by atoms with Gasteiger partial charge in [0.2, 0.25) is 0 Å². The highest BCUT2D eigenvalue weighted by atomic mass is 16.6. The number of esters is 3. The van der Waals surface area contributed by atoms with Crippen LogP contribution >= 0.6 is 0 Å². The molecule has 0 radical (unpaired) electrons. The Kier molecular flexibility index (Phi) is 54.0. The molecule has 0 fully saturated rings. The molecule has 0 aromatic rings. The molecule has 71 heavy (non-hydrogen) atoms. The van der Waals surface area contributed by atoms with Crippen molar-refractivity contribution in [3.63, 3.8) is 0 Å². The highest BCUT2D eigenvalue weighted by Gasteiger charge is 2.19. The van der Waals surface area contributed by atoms with Crippen molar-refractivity contribution in [2.24, 2.45) is 0 Å². The van der Waals surface area contributed by atoms with E-state index in [1.54, 1.807) is 0 Å². The highest BCUT2D eigenvalue weighted by Crippen LogP contribution is 2.11. The number of rotatable bonds is 49. The van der Waals surface area contributed by atoms with Gasteiger partial charge in [-0.05, 0) is 128 Å². The fraction of sp³-hybridized carbons (Fsp3) is 0.585. The van der Waals surface area contributed by atoms with Crippen LogP contribution in [-0.4, -0.2) is 37.2 Å². The van der Waals surface area contributed by atoms with E-state index in [9.17, 15) is 14.4 Å². The smallest absolute Gasteiger partial charge is 0.306 e. The monoisotopic (exact) mass is 979 g/mol. The van der Waals surface area contributed by atoms with Crippen LogP contribution in [0.4, 0.5) is 0 Å². The predicted molar refractivity (Wildman–Crippen MR) is 306 cm³/mol. The first-order chi connectivity index (χ1) is 35.0. The molecule has 0 rings (SSSR count). The molecule has 0 saturated carbocycles. The van der Waals surface area contributed by atoms with Crippen LogP contribution in [0.2, 0.25) is 0 Å². The van der Waals surface area contributed by atoms with Crippen molar-refractivity contribution < 1.29 is 28.6 Å². The lowest BCUT2D eigenvalue weighted by atomic mass is 10.1. The van der Waals surface area contributed by atoms with Crippen LogP contribution in [0.3, 0.4) is 0 Å². The van der Waals surface area contributed by atoms with Gasteiger partial charge in [0.05, 0.1) is 0 Å². The van der Waals surface area contributed by atoms with Gasteiger partial charge in [0.1, 0.15) is 13.2 Å². The first kappa shape index (κ1) is 66.3. The third-order valence-electron chi connectivity index (χ3n) is 11.3. The largest absolute Gasteiger partial charge is 0.462 e. The summed E-state index contributed by atoms with van der Waals surface area (Å²) < 4.78 is 16.7. The Labute approximate surface area is 436 Å². The van der Waals surface area contributed by atoms with Crippen LogP contribution in [-0.2, 0) is 28.6 Å². The van der Waals surface area contributed by atoms with Crippen molar-refractivity contribution in [3.8, 4) is 0 Å². The molecular formula is C65H102O6. The summed E-state index contributed by atoms with van der Waals surface area (Å²) in [6, 6.07) is 0. The van der Waals surface area contributed by atoms with Gasteiger partial charge in [0, 0.05) is 19.3 Å².